The number of methoxy groups -OCH3 is 1. The first kappa shape index (κ1) is 9.30. The molecule has 5 heavy (non-hydrogen) atoms. The number of ether oxygens (including phenoxy) is 1. The van der Waals surface area contributed by atoms with E-state index in [1.807, 2.05) is 0 Å². The summed E-state index contributed by atoms with van der Waals surface area (Å²) in [6, 6.07) is 0. The van der Waals surface area contributed by atoms with E-state index in [0.29, 0.717) is 0 Å². The van der Waals surface area contributed by atoms with Crippen LogP contribution in [0, 0.1) is 0 Å². The quantitative estimate of drug-likeness (QED) is 0.492. The first-order valence-electron chi connectivity index (χ1n) is 1.20. The van der Waals surface area contributed by atoms with Crippen LogP contribution in [-0.4, -0.2) is 12.3 Å². The van der Waals surface area contributed by atoms with E-state index in [0.717, 1.165) is 5.20 Å². The van der Waals surface area contributed by atoms with E-state index in [4.69, 9.17) is 0 Å². The average molecular weight is 147 g/mol. The number of hydrogen-bond acceptors (Lipinski definition) is 1. The monoisotopic (exact) mass is 145 g/mol. The molecule has 0 aliphatic rings. The zero-order valence-electron chi connectivity index (χ0n) is 3.23. The van der Waals surface area contributed by atoms with Gasteiger partial charge < -0.3 is 0 Å². The summed E-state index contributed by atoms with van der Waals surface area (Å²) < 4.78 is 4.60. The van der Waals surface area contributed by atoms with E-state index in [-0.39, 0.29) is 12.4 Å². The van der Waals surface area contributed by atoms with Gasteiger partial charge in [-0.2, -0.15) is 0 Å². The molecule has 0 aromatic carbocycles. The summed E-state index contributed by atoms with van der Waals surface area (Å²) in [6.45, 7) is 0. The summed E-state index contributed by atoms with van der Waals surface area (Å²) in [5.74, 6) is 0. The third-order valence-electron chi connectivity index (χ3n) is 0.204. The maximum absolute atomic E-state index is 4.60. The van der Waals surface area contributed by atoms with Crippen molar-refractivity contribution in [2.75, 3.05) is 12.3 Å². The molecule has 0 unspecified atom stereocenters. The number of halogens is 1. The largest absolute Gasteiger partial charge is 0.147 e. The molecule has 1 nitrogen and oxygen atoms in total. The molecule has 0 aliphatic heterocycles. The van der Waals surface area contributed by atoms with Gasteiger partial charge in [-0.1, -0.05) is 0 Å². The summed E-state index contributed by atoms with van der Waals surface area (Å²) in [7, 11) is 1.71. The van der Waals surface area contributed by atoms with E-state index in [1.54, 1.807) is 7.11 Å². The standard InChI is InChI=1S/C2H5O.ClH.Zn/c1-3-2;;/h1H2,2H3;1H;. The molecule has 0 rings (SSSR count). The van der Waals surface area contributed by atoms with Gasteiger partial charge in [0.15, 0.2) is 0 Å². The van der Waals surface area contributed by atoms with Crippen molar-refractivity contribution in [2.24, 2.45) is 0 Å². The van der Waals surface area contributed by atoms with Crippen LogP contribution in [0.3, 0.4) is 0 Å². The van der Waals surface area contributed by atoms with Crippen LogP contribution in [0.25, 0.3) is 0 Å². The molecule has 0 spiro atoms. The number of rotatable bonds is 1. The zero-order valence-corrected chi connectivity index (χ0v) is 7.01. The molecule has 0 radical (unpaired) electrons. The maximum atomic E-state index is 4.60. The van der Waals surface area contributed by atoms with E-state index >= 15 is 0 Å². The van der Waals surface area contributed by atoms with Crippen LogP contribution >= 0.6 is 12.4 Å². The Bertz CT molecular complexity index is 11.6. The second kappa shape index (κ2) is 8.86. The van der Waals surface area contributed by atoms with Gasteiger partial charge in [-0.15, -0.1) is 12.4 Å². The Morgan fingerprint density at radius 2 is 2.00 bits per heavy atom. The van der Waals surface area contributed by atoms with Gasteiger partial charge in [-0.05, 0) is 0 Å². The van der Waals surface area contributed by atoms with Crippen molar-refractivity contribution in [1.82, 2.24) is 0 Å². The third kappa shape index (κ3) is 11.5. The van der Waals surface area contributed by atoms with Crippen molar-refractivity contribution in [3.63, 3.8) is 0 Å². The fourth-order valence-electron chi connectivity index (χ4n) is 0. The Kier molecular flexibility index (Phi) is 16.5. The molecule has 0 bridgehead atoms. The molecule has 0 saturated carbocycles. The predicted molar refractivity (Wildman–Crippen MR) is 19.1 cm³/mol. The van der Waals surface area contributed by atoms with Crippen LogP contribution in [0.2, 0.25) is 0 Å². The minimum atomic E-state index is 0. The summed E-state index contributed by atoms with van der Waals surface area (Å²) in [5.41, 5.74) is 0. The SMILES string of the molecule is CO[CH2][Zn].Cl. The number of hydrogen-bond donors (Lipinski definition) is 0. The molecule has 0 atom stereocenters. The fraction of sp³-hybridized carbons (Fsp3) is 1.00. The molecule has 0 amide bonds. The van der Waals surface area contributed by atoms with Crippen LogP contribution in [0.1, 0.15) is 0 Å². The second-order valence-corrected chi connectivity index (χ2v) is 1.35. The van der Waals surface area contributed by atoms with E-state index < -0.39 is 0 Å². The van der Waals surface area contributed by atoms with Crippen LogP contribution in [0.5, 0.6) is 0 Å². The third-order valence-corrected chi connectivity index (χ3v) is 1.06. The summed E-state index contributed by atoms with van der Waals surface area (Å²) >= 11 is 1.25. The Balaban J connectivity index is 0. The van der Waals surface area contributed by atoms with Crippen molar-refractivity contribution < 1.29 is 23.0 Å². The Labute approximate surface area is 48.2 Å². The zero-order chi connectivity index (χ0) is 3.41. The molecule has 3 heteroatoms. The van der Waals surface area contributed by atoms with Crippen molar-refractivity contribution in [3.8, 4) is 0 Å². The average Bonchev–Trinajstić information content (AvgIpc) is 1.37. The van der Waals surface area contributed by atoms with E-state index in [2.05, 4.69) is 4.74 Å². The van der Waals surface area contributed by atoms with Crippen LogP contribution in [0.4, 0.5) is 0 Å². The molecule has 0 aliphatic carbocycles. The van der Waals surface area contributed by atoms with Crippen molar-refractivity contribution in [3.05, 3.63) is 0 Å². The topological polar surface area (TPSA) is 9.23 Å². The molecule has 0 heterocycles. The van der Waals surface area contributed by atoms with Gasteiger partial charge in [0.1, 0.15) is 0 Å². The Hall–Kier alpha value is 0.873. The van der Waals surface area contributed by atoms with Crippen molar-refractivity contribution >= 4 is 12.4 Å². The molecular formula is C2H6ClOZn. The van der Waals surface area contributed by atoms with Crippen molar-refractivity contribution in [1.29, 1.82) is 0 Å². The van der Waals surface area contributed by atoms with Gasteiger partial charge in [0.2, 0.25) is 0 Å². The Morgan fingerprint density at radius 1 is 1.80 bits per heavy atom. The molecular weight excluding hydrogens is 141 g/mol. The van der Waals surface area contributed by atoms with Gasteiger partial charge in [-0.25, -0.2) is 0 Å². The van der Waals surface area contributed by atoms with Gasteiger partial charge in [0.25, 0.3) is 0 Å². The van der Waals surface area contributed by atoms with E-state index in [9.17, 15) is 0 Å². The first-order valence-corrected chi connectivity index (χ1v) is 3.29. The van der Waals surface area contributed by atoms with Gasteiger partial charge in [0, 0.05) is 0 Å². The normalized spacial score (nSPS) is 6.20. The first-order chi connectivity index (χ1) is 1.91. The predicted octanol–water partition coefficient (Wildman–Crippen LogP) is 0.559. The van der Waals surface area contributed by atoms with E-state index in [1.165, 1.54) is 18.3 Å². The fourth-order valence-corrected chi connectivity index (χ4v) is 0. The molecule has 0 aromatic heterocycles. The van der Waals surface area contributed by atoms with Gasteiger partial charge in [0.05, 0.1) is 0 Å². The molecule has 0 aromatic rings. The van der Waals surface area contributed by atoms with Gasteiger partial charge in [-0.3, -0.25) is 0 Å². The summed E-state index contributed by atoms with van der Waals surface area (Å²) in [6.07, 6.45) is 0. The minimum absolute atomic E-state index is 0. The molecule has 0 saturated heterocycles. The minimum Gasteiger partial charge on any atom is -0.147 e. The summed E-state index contributed by atoms with van der Waals surface area (Å²) in [4.78, 5) is 0. The molecule has 0 fully saturated rings. The Morgan fingerprint density at radius 3 is 2.00 bits per heavy atom. The smallest absolute Gasteiger partial charge is 0.147 e. The second-order valence-electron chi connectivity index (χ2n) is 0.493. The van der Waals surface area contributed by atoms with Crippen LogP contribution < -0.4 is 0 Å². The molecule has 29 valence electrons. The van der Waals surface area contributed by atoms with Crippen molar-refractivity contribution in [2.45, 2.75) is 0 Å². The summed E-state index contributed by atoms with van der Waals surface area (Å²) in [5, 5.41) is 0.944. The molecule has 0 N–H and O–H groups in total. The van der Waals surface area contributed by atoms with Crippen LogP contribution in [-0.2, 0) is 23.0 Å². The van der Waals surface area contributed by atoms with Crippen LogP contribution in [0.15, 0.2) is 0 Å². The van der Waals surface area contributed by atoms with Gasteiger partial charge >= 0.3 is 35.4 Å². The maximum Gasteiger partial charge on any atom is -0.147 e.